The van der Waals surface area contributed by atoms with E-state index in [1.807, 2.05) is 48.5 Å². The van der Waals surface area contributed by atoms with E-state index in [9.17, 15) is 13.2 Å². The van der Waals surface area contributed by atoms with Gasteiger partial charge in [0.15, 0.2) is 11.2 Å². The van der Waals surface area contributed by atoms with E-state index in [4.69, 9.17) is 26.3 Å². The topological polar surface area (TPSA) is 127 Å². The highest BCUT2D eigenvalue weighted by Crippen LogP contribution is 2.34. The van der Waals surface area contributed by atoms with Crippen molar-refractivity contribution in [3.8, 4) is 28.3 Å². The van der Waals surface area contributed by atoms with Gasteiger partial charge in [0.05, 0.1) is 33.9 Å². The number of pyridine rings is 2. The van der Waals surface area contributed by atoms with Crippen LogP contribution in [0.3, 0.4) is 0 Å². The third kappa shape index (κ3) is 4.74. The number of hydrogen-bond acceptors (Lipinski definition) is 7. The van der Waals surface area contributed by atoms with E-state index < -0.39 is 15.5 Å². The minimum absolute atomic E-state index is 0.00308. The number of halogens is 1. The monoisotopic (exact) mass is 569 g/mol. The second-order valence-electron chi connectivity index (χ2n) is 8.85. The van der Waals surface area contributed by atoms with Crippen molar-refractivity contribution in [3.05, 3.63) is 106 Å². The maximum absolute atomic E-state index is 13.2. The Morgan fingerprint density at radius 3 is 2.35 bits per heavy atom. The molecule has 0 spiro atoms. The van der Waals surface area contributed by atoms with E-state index in [1.54, 1.807) is 12.3 Å². The molecule has 2 N–H and O–H groups in total. The van der Waals surface area contributed by atoms with Gasteiger partial charge in [-0.2, -0.15) is 0 Å². The summed E-state index contributed by atoms with van der Waals surface area (Å²) in [6.45, 7) is 0. The Hall–Kier alpha value is -4.80. The van der Waals surface area contributed by atoms with E-state index >= 15 is 0 Å². The lowest BCUT2D eigenvalue weighted by atomic mass is 10.0. The average molecular weight is 570 g/mol. The summed E-state index contributed by atoms with van der Waals surface area (Å²) in [6, 6.07) is 23.7. The molecule has 6 rings (SSSR count). The van der Waals surface area contributed by atoms with Crippen LogP contribution in [0.2, 0.25) is 5.02 Å². The number of anilines is 1. The SMILES string of the molecule is COc1ccc(S(=O)(=O)Nc2cc(=O)c3nc(-c4cc(Cl)c5ncccc5c4)c(-c4ccccc4)nc3[nH]2)cc1. The van der Waals surface area contributed by atoms with Gasteiger partial charge in [0, 0.05) is 28.8 Å². The Bertz CT molecular complexity index is 2070. The smallest absolute Gasteiger partial charge is 0.263 e. The summed E-state index contributed by atoms with van der Waals surface area (Å²) >= 11 is 6.56. The molecule has 0 bridgehead atoms. The molecule has 0 aliphatic heterocycles. The van der Waals surface area contributed by atoms with Crippen LogP contribution in [0.4, 0.5) is 5.82 Å². The van der Waals surface area contributed by atoms with Crippen molar-refractivity contribution in [1.82, 2.24) is 19.9 Å². The summed E-state index contributed by atoms with van der Waals surface area (Å²) in [5.74, 6) is 0.468. The minimum Gasteiger partial charge on any atom is -0.497 e. The number of benzene rings is 3. The number of methoxy groups -OCH3 is 1. The van der Waals surface area contributed by atoms with Crippen molar-refractivity contribution in [2.45, 2.75) is 4.90 Å². The molecule has 3 aromatic heterocycles. The van der Waals surface area contributed by atoms with Crippen molar-refractivity contribution >= 4 is 49.5 Å². The summed E-state index contributed by atoms with van der Waals surface area (Å²) in [4.78, 5) is 29.9. The number of H-pyrrole nitrogens is 1. The molecule has 40 heavy (non-hydrogen) atoms. The molecule has 3 heterocycles. The van der Waals surface area contributed by atoms with Crippen LogP contribution in [-0.4, -0.2) is 35.5 Å². The molecule has 0 radical (unpaired) electrons. The van der Waals surface area contributed by atoms with Crippen molar-refractivity contribution in [2.75, 3.05) is 11.8 Å². The molecule has 9 nitrogen and oxygen atoms in total. The molecule has 0 atom stereocenters. The summed E-state index contributed by atoms with van der Waals surface area (Å²) in [5, 5.41) is 1.24. The fraction of sp³-hybridized carbons (Fsp3) is 0.0345. The van der Waals surface area contributed by atoms with Crippen molar-refractivity contribution in [1.29, 1.82) is 0 Å². The maximum Gasteiger partial charge on any atom is 0.263 e. The maximum atomic E-state index is 13.2. The lowest BCUT2D eigenvalue weighted by Gasteiger charge is -2.13. The van der Waals surface area contributed by atoms with Crippen LogP contribution < -0.4 is 14.9 Å². The van der Waals surface area contributed by atoms with E-state index in [-0.39, 0.29) is 21.9 Å². The van der Waals surface area contributed by atoms with Crippen LogP contribution in [0.5, 0.6) is 5.75 Å². The number of fused-ring (bicyclic) bond motifs is 2. The van der Waals surface area contributed by atoms with Crippen molar-refractivity contribution < 1.29 is 13.2 Å². The molecular formula is C29H20ClN5O4S. The lowest BCUT2D eigenvalue weighted by Crippen LogP contribution is -2.17. The molecule has 0 fully saturated rings. The molecule has 3 aromatic carbocycles. The molecule has 0 unspecified atom stereocenters. The van der Waals surface area contributed by atoms with E-state index in [0.29, 0.717) is 33.2 Å². The summed E-state index contributed by atoms with van der Waals surface area (Å²) in [5.41, 5.74) is 2.64. The number of hydrogen-bond donors (Lipinski definition) is 2. The quantitative estimate of drug-likeness (QED) is 0.265. The van der Waals surface area contributed by atoms with Gasteiger partial charge in [0.1, 0.15) is 11.6 Å². The standard InChI is InChI=1S/C29H20ClN5O4S/c1-39-20-9-11-21(12-10-20)40(37,38)35-24-16-23(36)28-29(32-24)34-26(17-6-3-2-4-7-17)27(33-28)19-14-18-8-5-13-31-25(18)22(30)15-19/h2-16H,1H3,(H2,32,34,35,36). The number of ether oxygens (including phenoxy) is 1. The molecule has 0 saturated heterocycles. The lowest BCUT2D eigenvalue weighted by molar-refractivity contribution is 0.414. The van der Waals surface area contributed by atoms with Gasteiger partial charge in [-0.25, -0.2) is 18.4 Å². The number of nitrogens with one attached hydrogen (secondary N) is 2. The van der Waals surface area contributed by atoms with Gasteiger partial charge in [0.2, 0.25) is 5.43 Å². The highest BCUT2D eigenvalue weighted by atomic mass is 35.5. The van der Waals surface area contributed by atoms with Gasteiger partial charge in [0.25, 0.3) is 10.0 Å². The average Bonchev–Trinajstić information content (AvgIpc) is 2.97. The van der Waals surface area contributed by atoms with Gasteiger partial charge >= 0.3 is 0 Å². The molecule has 6 aromatic rings. The van der Waals surface area contributed by atoms with E-state index in [0.717, 1.165) is 17.0 Å². The van der Waals surface area contributed by atoms with Crippen LogP contribution in [0.1, 0.15) is 0 Å². The summed E-state index contributed by atoms with van der Waals surface area (Å²) in [6.07, 6.45) is 1.67. The third-order valence-electron chi connectivity index (χ3n) is 6.25. The van der Waals surface area contributed by atoms with Gasteiger partial charge in [-0.15, -0.1) is 0 Å². The number of nitrogens with zero attached hydrogens (tertiary/aromatic N) is 3. The summed E-state index contributed by atoms with van der Waals surface area (Å²) < 4.78 is 33.5. The molecule has 0 saturated carbocycles. The fourth-order valence-electron chi connectivity index (χ4n) is 4.35. The normalized spacial score (nSPS) is 11.6. The Kier molecular flexibility index (Phi) is 6.41. The third-order valence-corrected chi connectivity index (χ3v) is 7.92. The second kappa shape index (κ2) is 10.1. The van der Waals surface area contributed by atoms with Gasteiger partial charge in [-0.3, -0.25) is 14.5 Å². The van der Waals surface area contributed by atoms with Crippen molar-refractivity contribution in [2.24, 2.45) is 0 Å². The van der Waals surface area contributed by atoms with Crippen LogP contribution in [0.25, 0.3) is 44.6 Å². The molecule has 198 valence electrons. The molecule has 0 aliphatic carbocycles. The minimum atomic E-state index is -4.01. The van der Waals surface area contributed by atoms with Crippen LogP contribution >= 0.6 is 11.6 Å². The largest absolute Gasteiger partial charge is 0.497 e. The highest BCUT2D eigenvalue weighted by Gasteiger charge is 2.19. The number of aromatic nitrogens is 4. The number of aromatic amines is 1. The molecule has 11 heteroatoms. The molecular weight excluding hydrogens is 550 g/mol. The highest BCUT2D eigenvalue weighted by molar-refractivity contribution is 7.92. The van der Waals surface area contributed by atoms with Gasteiger partial charge in [-0.1, -0.05) is 48.0 Å². The Labute approximate surface area is 233 Å². The number of rotatable bonds is 6. The molecule has 0 amide bonds. The van der Waals surface area contributed by atoms with Gasteiger partial charge < -0.3 is 9.72 Å². The Balaban J connectivity index is 1.51. The first kappa shape index (κ1) is 25.5. The zero-order valence-corrected chi connectivity index (χ0v) is 22.5. The molecule has 0 aliphatic rings. The van der Waals surface area contributed by atoms with Crippen LogP contribution in [0, 0.1) is 0 Å². The Morgan fingerprint density at radius 2 is 1.60 bits per heavy atom. The zero-order chi connectivity index (χ0) is 27.9. The van der Waals surface area contributed by atoms with Crippen LogP contribution in [-0.2, 0) is 10.0 Å². The first-order valence-corrected chi connectivity index (χ1v) is 13.9. The van der Waals surface area contributed by atoms with E-state index in [2.05, 4.69) is 14.7 Å². The first-order valence-electron chi connectivity index (χ1n) is 12.0. The first-order chi connectivity index (χ1) is 19.3. The van der Waals surface area contributed by atoms with Crippen molar-refractivity contribution in [3.63, 3.8) is 0 Å². The Morgan fingerprint density at radius 1 is 0.850 bits per heavy atom. The van der Waals surface area contributed by atoms with Crippen LogP contribution in [0.15, 0.2) is 101 Å². The zero-order valence-electron chi connectivity index (χ0n) is 20.9. The predicted octanol–water partition coefficient (Wildman–Crippen LogP) is 5.66. The summed E-state index contributed by atoms with van der Waals surface area (Å²) in [7, 11) is -2.52. The van der Waals surface area contributed by atoms with Gasteiger partial charge in [-0.05, 0) is 42.5 Å². The van der Waals surface area contributed by atoms with E-state index in [1.165, 1.54) is 31.4 Å². The second-order valence-corrected chi connectivity index (χ2v) is 10.9. The number of sulfonamides is 1. The fourth-order valence-corrected chi connectivity index (χ4v) is 5.64. The predicted molar refractivity (Wildman–Crippen MR) is 155 cm³/mol.